The number of carbonyl (C=O) groups is 1. The predicted octanol–water partition coefficient (Wildman–Crippen LogP) is 2.72. The van der Waals surface area contributed by atoms with E-state index in [4.69, 9.17) is 33.7 Å². The van der Waals surface area contributed by atoms with Crippen LogP contribution in [0.4, 0.5) is 4.79 Å². The van der Waals surface area contributed by atoms with Gasteiger partial charge in [0.1, 0.15) is 16.3 Å². The highest BCUT2D eigenvalue weighted by molar-refractivity contribution is 6.32. The lowest BCUT2D eigenvalue weighted by Gasteiger charge is -2.30. The first kappa shape index (κ1) is 13.2. The highest BCUT2D eigenvalue weighted by Gasteiger charge is 2.30. The first-order valence-electron chi connectivity index (χ1n) is 4.71. The molecule has 0 unspecified atom stereocenters. The Kier molecular flexibility index (Phi) is 3.76. The average Bonchev–Trinajstić information content (AvgIpc) is 1.96. The Hall–Kier alpha value is -0.870. The van der Waals surface area contributed by atoms with E-state index in [0.717, 1.165) is 4.90 Å². The number of rotatable bonds is 0. The minimum atomic E-state index is -0.729. The van der Waals surface area contributed by atoms with Gasteiger partial charge in [-0.05, 0) is 32.9 Å². The van der Waals surface area contributed by atoms with Crippen molar-refractivity contribution in [1.29, 1.82) is 0 Å². The van der Waals surface area contributed by atoms with Crippen LogP contribution in [0.3, 0.4) is 0 Å². The fraction of sp³-hybridized carbons (Fsp3) is 0.500. The van der Waals surface area contributed by atoms with Gasteiger partial charge in [0, 0.05) is 5.70 Å². The van der Waals surface area contributed by atoms with Crippen LogP contribution in [0.25, 0.3) is 0 Å². The summed E-state index contributed by atoms with van der Waals surface area (Å²) in [6.07, 6.45) is 2.36. The molecule has 1 aliphatic heterocycles. The Morgan fingerprint density at radius 2 is 2.12 bits per heavy atom. The Balaban J connectivity index is 2.82. The summed E-state index contributed by atoms with van der Waals surface area (Å²) in [7, 11) is 0. The fourth-order valence-corrected chi connectivity index (χ4v) is 1.79. The minimum Gasteiger partial charge on any atom is -0.443 e. The molecule has 0 aliphatic carbocycles. The van der Waals surface area contributed by atoms with Crippen LogP contribution in [0.2, 0.25) is 0 Å². The summed E-state index contributed by atoms with van der Waals surface area (Å²) in [6, 6.07) is 0. The van der Waals surface area contributed by atoms with Gasteiger partial charge in [-0.2, -0.15) is 0 Å². The van der Waals surface area contributed by atoms with Crippen LogP contribution in [-0.4, -0.2) is 22.1 Å². The molecule has 0 spiro atoms. The molecule has 90 valence electrons. The SMILES string of the molecule is CC(C)(C)OC(=O)N1C(Cl)=CC(N)=C[C@H]1Cl. The first-order chi connectivity index (χ1) is 7.20. The quantitative estimate of drug-likeness (QED) is 0.541. The van der Waals surface area contributed by atoms with Gasteiger partial charge in [-0.3, -0.25) is 0 Å². The van der Waals surface area contributed by atoms with Gasteiger partial charge >= 0.3 is 6.09 Å². The molecular formula is C10H14Cl2N2O2. The van der Waals surface area contributed by atoms with Crippen molar-refractivity contribution in [3.05, 3.63) is 23.0 Å². The number of halogens is 2. The summed E-state index contributed by atoms with van der Waals surface area (Å²) in [6.45, 7) is 5.29. The van der Waals surface area contributed by atoms with Crippen molar-refractivity contribution in [3.8, 4) is 0 Å². The van der Waals surface area contributed by atoms with Gasteiger partial charge in [0.2, 0.25) is 0 Å². The molecule has 4 nitrogen and oxygen atoms in total. The molecule has 0 aromatic rings. The highest BCUT2D eigenvalue weighted by atomic mass is 35.5. The molecule has 2 N–H and O–H groups in total. The second kappa shape index (κ2) is 4.55. The second-order valence-electron chi connectivity index (χ2n) is 4.36. The molecule has 16 heavy (non-hydrogen) atoms. The van der Waals surface area contributed by atoms with Crippen LogP contribution < -0.4 is 5.73 Å². The molecule has 6 heteroatoms. The number of nitrogens with two attached hydrogens (primary N) is 1. The second-order valence-corrected chi connectivity index (χ2v) is 5.19. The molecule has 1 rings (SSSR count). The molecule has 0 saturated carbocycles. The van der Waals surface area contributed by atoms with Gasteiger partial charge in [0.05, 0.1) is 0 Å². The maximum absolute atomic E-state index is 11.8. The maximum atomic E-state index is 11.8. The van der Waals surface area contributed by atoms with Crippen molar-refractivity contribution in [2.45, 2.75) is 31.9 Å². The number of amides is 1. The summed E-state index contributed by atoms with van der Waals surface area (Å²) >= 11 is 11.8. The lowest BCUT2D eigenvalue weighted by molar-refractivity contribution is 0.0324. The molecule has 0 bridgehead atoms. The van der Waals surface area contributed by atoms with Crippen LogP contribution in [0.5, 0.6) is 0 Å². The standard InChI is InChI=1S/C10H14Cl2N2O2/c1-10(2,3)16-9(15)14-7(11)4-6(13)5-8(14)12/h4-5,7H,13H2,1-3H3/t7-/m0/s1. The van der Waals surface area contributed by atoms with Gasteiger partial charge < -0.3 is 10.5 Å². The van der Waals surface area contributed by atoms with Crippen molar-refractivity contribution >= 4 is 29.3 Å². The van der Waals surface area contributed by atoms with E-state index in [2.05, 4.69) is 0 Å². The van der Waals surface area contributed by atoms with Crippen LogP contribution in [-0.2, 0) is 4.74 Å². The van der Waals surface area contributed by atoms with Crippen LogP contribution in [0.1, 0.15) is 20.8 Å². The highest BCUT2D eigenvalue weighted by Crippen LogP contribution is 2.26. The predicted molar refractivity (Wildman–Crippen MR) is 63.9 cm³/mol. The van der Waals surface area contributed by atoms with Crippen molar-refractivity contribution in [2.75, 3.05) is 0 Å². The van der Waals surface area contributed by atoms with Crippen LogP contribution >= 0.6 is 23.2 Å². The average molecular weight is 265 g/mol. The number of allylic oxidation sites excluding steroid dienone is 1. The zero-order valence-electron chi connectivity index (χ0n) is 9.33. The van der Waals surface area contributed by atoms with Gasteiger partial charge in [-0.15, -0.1) is 0 Å². The number of ether oxygens (including phenoxy) is 1. The van der Waals surface area contributed by atoms with Gasteiger partial charge in [0.25, 0.3) is 0 Å². The number of nitrogens with zero attached hydrogens (tertiary/aromatic N) is 1. The Bertz CT molecular complexity index is 358. The summed E-state index contributed by atoms with van der Waals surface area (Å²) in [5.74, 6) is 0. The van der Waals surface area contributed by atoms with Crippen molar-refractivity contribution in [1.82, 2.24) is 4.90 Å². The normalized spacial score (nSPS) is 21.3. The van der Waals surface area contributed by atoms with E-state index in [1.54, 1.807) is 20.8 Å². The van der Waals surface area contributed by atoms with E-state index in [9.17, 15) is 4.79 Å². The lowest BCUT2D eigenvalue weighted by atomic mass is 10.2. The molecule has 0 aromatic heterocycles. The van der Waals surface area contributed by atoms with Crippen molar-refractivity contribution in [3.63, 3.8) is 0 Å². The van der Waals surface area contributed by atoms with Gasteiger partial charge in [-0.1, -0.05) is 23.2 Å². The van der Waals surface area contributed by atoms with Crippen molar-refractivity contribution in [2.24, 2.45) is 5.73 Å². The largest absolute Gasteiger partial charge is 0.443 e. The van der Waals surface area contributed by atoms with E-state index in [-0.39, 0.29) is 5.16 Å². The first-order valence-corrected chi connectivity index (χ1v) is 5.53. The third-order valence-electron chi connectivity index (χ3n) is 1.68. The molecule has 0 radical (unpaired) electrons. The molecule has 1 amide bonds. The number of carbonyl (C=O) groups excluding carboxylic acids is 1. The fourth-order valence-electron chi connectivity index (χ4n) is 1.11. The Morgan fingerprint density at radius 3 is 2.56 bits per heavy atom. The zero-order chi connectivity index (χ0) is 12.5. The van der Waals surface area contributed by atoms with E-state index >= 15 is 0 Å². The monoisotopic (exact) mass is 264 g/mol. The van der Waals surface area contributed by atoms with E-state index in [1.165, 1.54) is 12.2 Å². The Labute approximate surface area is 105 Å². The van der Waals surface area contributed by atoms with Crippen LogP contribution in [0, 0.1) is 0 Å². The van der Waals surface area contributed by atoms with Gasteiger partial charge in [0.15, 0.2) is 0 Å². The third-order valence-corrected chi connectivity index (χ3v) is 2.30. The summed E-state index contributed by atoms with van der Waals surface area (Å²) in [5.41, 5.74) is 4.63. The number of alkyl halides is 1. The third kappa shape index (κ3) is 3.32. The molecule has 1 aliphatic rings. The van der Waals surface area contributed by atoms with Crippen molar-refractivity contribution < 1.29 is 9.53 Å². The zero-order valence-corrected chi connectivity index (χ0v) is 10.8. The topological polar surface area (TPSA) is 55.6 Å². The molecule has 0 fully saturated rings. The molecule has 1 atom stereocenters. The maximum Gasteiger partial charge on any atom is 0.417 e. The van der Waals surface area contributed by atoms with Gasteiger partial charge in [-0.25, -0.2) is 9.69 Å². The number of hydrogen-bond acceptors (Lipinski definition) is 3. The lowest BCUT2D eigenvalue weighted by Crippen LogP contribution is -2.40. The van der Waals surface area contributed by atoms with E-state index in [0.29, 0.717) is 5.70 Å². The molecule has 0 aromatic carbocycles. The molecule has 1 heterocycles. The van der Waals surface area contributed by atoms with E-state index < -0.39 is 17.2 Å². The molecule has 0 saturated heterocycles. The minimum absolute atomic E-state index is 0.147. The summed E-state index contributed by atoms with van der Waals surface area (Å²) in [5, 5.41) is 0.147. The molecular weight excluding hydrogens is 251 g/mol. The Morgan fingerprint density at radius 1 is 1.56 bits per heavy atom. The summed E-state index contributed by atoms with van der Waals surface area (Å²) < 4.78 is 5.16. The smallest absolute Gasteiger partial charge is 0.417 e. The number of hydrogen-bond donors (Lipinski definition) is 1. The van der Waals surface area contributed by atoms with E-state index in [1.807, 2.05) is 0 Å². The van der Waals surface area contributed by atoms with Crippen LogP contribution in [0.15, 0.2) is 23.0 Å². The summed E-state index contributed by atoms with van der Waals surface area (Å²) in [4.78, 5) is 12.9.